The van der Waals surface area contributed by atoms with Crippen molar-refractivity contribution < 1.29 is 0 Å². The largest absolute Gasteiger partial charge is 0.310 e. The zero-order chi connectivity index (χ0) is 13.9. The molecule has 4 heteroatoms. The van der Waals surface area contributed by atoms with Crippen molar-refractivity contribution in [2.24, 2.45) is 0 Å². The molecule has 3 rings (SSSR count). The maximum Gasteiger partial charge on any atom is 0.107 e. The minimum absolute atomic E-state index is 0.715. The number of hydrogen-bond donors (Lipinski definition) is 1. The van der Waals surface area contributed by atoms with Gasteiger partial charge in [-0.2, -0.15) is 0 Å². The number of hydrogen-bond acceptors (Lipinski definition) is 4. The smallest absolute Gasteiger partial charge is 0.107 e. The molecule has 3 nitrogen and oxygen atoms in total. The first-order valence-corrected chi connectivity index (χ1v) is 7.83. The van der Waals surface area contributed by atoms with Crippen molar-refractivity contribution in [3.05, 3.63) is 47.3 Å². The molecule has 0 saturated heterocycles. The molecule has 0 bridgehead atoms. The van der Waals surface area contributed by atoms with Gasteiger partial charge in [0.05, 0.1) is 0 Å². The highest BCUT2D eigenvalue weighted by Gasteiger charge is 2.20. The van der Waals surface area contributed by atoms with Gasteiger partial charge in [0, 0.05) is 24.5 Å². The first-order chi connectivity index (χ1) is 9.70. The Morgan fingerprint density at radius 2 is 2.15 bits per heavy atom. The summed E-state index contributed by atoms with van der Waals surface area (Å²) in [5.74, 6) is 0. The molecule has 0 aliphatic heterocycles. The zero-order valence-electron chi connectivity index (χ0n) is 11.9. The summed E-state index contributed by atoms with van der Waals surface area (Å²) in [6, 6.07) is 9.08. The lowest BCUT2D eigenvalue weighted by atomic mass is 10.3. The van der Waals surface area contributed by atoms with E-state index in [1.165, 1.54) is 24.0 Å². The summed E-state index contributed by atoms with van der Waals surface area (Å²) in [4.78, 5) is 9.10. The predicted molar refractivity (Wildman–Crippen MR) is 81.9 cm³/mol. The molecule has 1 N–H and O–H groups in total. The van der Waals surface area contributed by atoms with Crippen LogP contribution >= 0.6 is 11.8 Å². The van der Waals surface area contributed by atoms with Crippen LogP contribution in [0, 0.1) is 13.8 Å². The second kappa shape index (κ2) is 5.94. The number of rotatable bonds is 5. The normalized spacial score (nSPS) is 14.5. The van der Waals surface area contributed by atoms with Crippen molar-refractivity contribution in [2.75, 3.05) is 0 Å². The lowest BCUT2D eigenvalue weighted by Crippen LogP contribution is -2.16. The maximum atomic E-state index is 4.58. The molecule has 1 aliphatic rings. The maximum absolute atomic E-state index is 4.58. The summed E-state index contributed by atoms with van der Waals surface area (Å²) in [6.45, 7) is 5.03. The molecule has 1 fully saturated rings. The predicted octanol–water partition coefficient (Wildman–Crippen LogP) is 3.50. The highest BCUT2D eigenvalue weighted by atomic mass is 32.2. The van der Waals surface area contributed by atoms with Crippen LogP contribution < -0.4 is 5.32 Å². The Morgan fingerprint density at radius 1 is 1.30 bits per heavy atom. The van der Waals surface area contributed by atoms with Crippen molar-refractivity contribution in [3.8, 4) is 0 Å². The lowest BCUT2D eigenvalue weighted by Gasteiger charge is -2.09. The Balaban J connectivity index is 1.78. The van der Waals surface area contributed by atoms with E-state index < -0.39 is 0 Å². The zero-order valence-corrected chi connectivity index (χ0v) is 12.7. The summed E-state index contributed by atoms with van der Waals surface area (Å²) >= 11 is 1.65. The average Bonchev–Trinajstić information content (AvgIpc) is 3.20. The number of aromatic nitrogens is 2. The van der Waals surface area contributed by atoms with Crippen LogP contribution in [-0.2, 0) is 6.54 Å². The van der Waals surface area contributed by atoms with Crippen LogP contribution in [0.3, 0.4) is 0 Å². The van der Waals surface area contributed by atoms with Crippen molar-refractivity contribution >= 4 is 11.8 Å². The highest BCUT2D eigenvalue weighted by Crippen LogP contribution is 2.28. The van der Waals surface area contributed by atoms with Crippen molar-refractivity contribution in [3.63, 3.8) is 0 Å². The molecule has 0 amide bonds. The van der Waals surface area contributed by atoms with Gasteiger partial charge < -0.3 is 5.32 Å². The quantitative estimate of drug-likeness (QED) is 0.912. The second-order valence-electron chi connectivity index (χ2n) is 5.35. The molecule has 20 heavy (non-hydrogen) atoms. The Morgan fingerprint density at radius 3 is 2.90 bits per heavy atom. The first kappa shape index (κ1) is 13.6. The van der Waals surface area contributed by atoms with E-state index in [2.05, 4.69) is 40.4 Å². The molecule has 0 radical (unpaired) electrons. The molecule has 2 aromatic heterocycles. The number of aryl methyl sites for hydroxylation is 2. The fourth-order valence-electron chi connectivity index (χ4n) is 2.15. The van der Waals surface area contributed by atoms with Gasteiger partial charge in [0.2, 0.25) is 0 Å². The minimum atomic E-state index is 0.715. The van der Waals surface area contributed by atoms with Gasteiger partial charge in [0.1, 0.15) is 10.1 Å². The summed E-state index contributed by atoms with van der Waals surface area (Å²) in [6.07, 6.45) is 4.47. The van der Waals surface area contributed by atoms with Crippen LogP contribution in [0.1, 0.15) is 29.7 Å². The van der Waals surface area contributed by atoms with Crippen molar-refractivity contribution in [1.29, 1.82) is 0 Å². The Kier molecular flexibility index (Phi) is 4.03. The van der Waals surface area contributed by atoms with Gasteiger partial charge in [-0.25, -0.2) is 9.97 Å². The van der Waals surface area contributed by atoms with Gasteiger partial charge >= 0.3 is 0 Å². The van der Waals surface area contributed by atoms with E-state index in [0.29, 0.717) is 6.04 Å². The number of nitrogens with zero attached hydrogens (tertiary/aromatic N) is 2. The Labute approximate surface area is 124 Å². The lowest BCUT2D eigenvalue weighted by molar-refractivity contribution is 0.675. The first-order valence-electron chi connectivity index (χ1n) is 7.01. The van der Waals surface area contributed by atoms with Gasteiger partial charge in [0.15, 0.2) is 0 Å². The van der Waals surface area contributed by atoms with E-state index in [1.54, 1.807) is 11.8 Å². The molecule has 0 aromatic carbocycles. The number of pyridine rings is 2. The monoisotopic (exact) mass is 285 g/mol. The summed E-state index contributed by atoms with van der Waals surface area (Å²) < 4.78 is 0. The van der Waals surface area contributed by atoms with Crippen LogP contribution in [0.15, 0.2) is 40.5 Å². The molecular formula is C16H19N3S. The SMILES string of the molecule is Cc1cc(C)nc(Sc2ncccc2CNC2CC2)c1. The minimum Gasteiger partial charge on any atom is -0.310 e. The Bertz CT molecular complexity index is 588. The van der Waals surface area contributed by atoms with Gasteiger partial charge in [-0.15, -0.1) is 0 Å². The average molecular weight is 285 g/mol. The van der Waals surface area contributed by atoms with E-state index in [0.717, 1.165) is 22.3 Å². The number of nitrogens with one attached hydrogen (secondary N) is 1. The molecule has 1 aliphatic carbocycles. The molecule has 0 atom stereocenters. The van der Waals surface area contributed by atoms with Crippen molar-refractivity contribution in [1.82, 2.24) is 15.3 Å². The van der Waals surface area contributed by atoms with Crippen LogP contribution in [-0.4, -0.2) is 16.0 Å². The van der Waals surface area contributed by atoms with Crippen LogP contribution in [0.5, 0.6) is 0 Å². The molecule has 2 aromatic rings. The van der Waals surface area contributed by atoms with E-state index in [-0.39, 0.29) is 0 Å². The topological polar surface area (TPSA) is 37.8 Å². The fourth-order valence-corrected chi connectivity index (χ4v) is 3.17. The van der Waals surface area contributed by atoms with Gasteiger partial charge in [0.25, 0.3) is 0 Å². The van der Waals surface area contributed by atoms with E-state index >= 15 is 0 Å². The van der Waals surface area contributed by atoms with Crippen molar-refractivity contribution in [2.45, 2.75) is 49.3 Å². The van der Waals surface area contributed by atoms with Gasteiger partial charge in [-0.3, -0.25) is 0 Å². The molecule has 0 spiro atoms. The van der Waals surface area contributed by atoms with Crippen LogP contribution in [0.25, 0.3) is 0 Å². The third-order valence-corrected chi connectivity index (χ3v) is 4.26. The second-order valence-corrected chi connectivity index (χ2v) is 6.36. The summed E-state index contributed by atoms with van der Waals surface area (Å²) in [5, 5.41) is 5.62. The standard InChI is InChI=1S/C16H19N3S/c1-11-8-12(2)19-15(9-11)20-16-13(4-3-7-17-16)10-18-14-5-6-14/h3-4,7-9,14,18H,5-6,10H2,1-2H3. The summed E-state index contributed by atoms with van der Waals surface area (Å²) in [5.41, 5.74) is 3.56. The van der Waals surface area contributed by atoms with E-state index in [4.69, 9.17) is 0 Å². The van der Waals surface area contributed by atoms with E-state index in [9.17, 15) is 0 Å². The highest BCUT2D eigenvalue weighted by molar-refractivity contribution is 7.99. The molecule has 0 unspecified atom stereocenters. The molecule has 104 valence electrons. The third kappa shape index (κ3) is 3.58. The fraction of sp³-hybridized carbons (Fsp3) is 0.375. The Hall–Kier alpha value is -1.39. The van der Waals surface area contributed by atoms with Gasteiger partial charge in [-0.1, -0.05) is 6.07 Å². The molecule has 1 saturated carbocycles. The molecule has 2 heterocycles. The van der Waals surface area contributed by atoms with Crippen LogP contribution in [0.4, 0.5) is 0 Å². The third-order valence-electron chi connectivity index (χ3n) is 3.28. The summed E-state index contributed by atoms with van der Waals surface area (Å²) in [7, 11) is 0. The van der Waals surface area contributed by atoms with Gasteiger partial charge in [-0.05, 0) is 67.8 Å². The van der Waals surface area contributed by atoms with E-state index in [1.807, 2.05) is 19.2 Å². The van der Waals surface area contributed by atoms with Crippen LogP contribution in [0.2, 0.25) is 0 Å². The molecular weight excluding hydrogens is 266 g/mol.